The van der Waals surface area contributed by atoms with Crippen molar-refractivity contribution < 1.29 is 23.1 Å². The molecule has 0 spiro atoms. The lowest BCUT2D eigenvalue weighted by molar-refractivity contribution is -0.137. The number of alkyl halides is 3. The van der Waals surface area contributed by atoms with E-state index >= 15 is 0 Å². The van der Waals surface area contributed by atoms with E-state index in [9.17, 15) is 23.1 Å². The molecule has 0 bridgehead atoms. The Morgan fingerprint density at radius 3 is 2.38 bits per heavy atom. The van der Waals surface area contributed by atoms with Crippen LogP contribution in [0.4, 0.5) is 13.2 Å². The molecule has 0 aliphatic heterocycles. The van der Waals surface area contributed by atoms with Crippen molar-refractivity contribution in [3.63, 3.8) is 0 Å². The van der Waals surface area contributed by atoms with Gasteiger partial charge in [-0.2, -0.15) is 13.2 Å². The van der Waals surface area contributed by atoms with Gasteiger partial charge < -0.3 is 9.90 Å². The second-order valence-electron chi connectivity index (χ2n) is 3.72. The van der Waals surface area contributed by atoms with Crippen LogP contribution >= 0.6 is 0 Å². The van der Waals surface area contributed by atoms with Crippen LogP contribution in [0.2, 0.25) is 0 Å². The topological polar surface area (TPSA) is 37.3 Å². The van der Waals surface area contributed by atoms with Crippen molar-refractivity contribution in [1.29, 1.82) is 0 Å². The van der Waals surface area contributed by atoms with Gasteiger partial charge in [-0.05, 0) is 24.6 Å². The Morgan fingerprint density at radius 2 is 1.88 bits per heavy atom. The summed E-state index contributed by atoms with van der Waals surface area (Å²) >= 11 is 0. The van der Waals surface area contributed by atoms with Crippen LogP contribution in [-0.2, 0) is 16.6 Å². The van der Waals surface area contributed by atoms with Gasteiger partial charge in [0.15, 0.2) is 0 Å². The van der Waals surface area contributed by atoms with Gasteiger partial charge in [-0.15, -0.1) is 0 Å². The normalized spacial score (nSPS) is 15.6. The Labute approximate surface area is 90.7 Å². The summed E-state index contributed by atoms with van der Waals surface area (Å²) in [6.45, 7) is 1.30. The number of aldehydes is 1. The van der Waals surface area contributed by atoms with E-state index in [1.807, 2.05) is 0 Å². The maximum absolute atomic E-state index is 12.4. The van der Waals surface area contributed by atoms with Gasteiger partial charge in [-0.25, -0.2) is 0 Å². The Hall–Kier alpha value is -1.36. The van der Waals surface area contributed by atoms with Gasteiger partial charge in [0.1, 0.15) is 6.29 Å². The summed E-state index contributed by atoms with van der Waals surface area (Å²) in [4.78, 5) is 10.3. The molecule has 0 aliphatic rings. The molecule has 0 saturated carbocycles. The van der Waals surface area contributed by atoms with Crippen molar-refractivity contribution in [2.24, 2.45) is 0 Å². The molecule has 0 fully saturated rings. The van der Waals surface area contributed by atoms with Gasteiger partial charge in [0.05, 0.1) is 11.2 Å². The molecule has 0 radical (unpaired) electrons. The van der Waals surface area contributed by atoms with Crippen LogP contribution in [0.5, 0.6) is 0 Å². The fourth-order valence-electron chi connectivity index (χ4n) is 1.31. The minimum atomic E-state index is -4.45. The second-order valence-corrected chi connectivity index (χ2v) is 3.72. The molecule has 5 heteroatoms. The highest BCUT2D eigenvalue weighted by Gasteiger charge is 2.32. The van der Waals surface area contributed by atoms with E-state index in [-0.39, 0.29) is 12.0 Å². The Balaban J connectivity index is 3.12. The summed E-state index contributed by atoms with van der Waals surface area (Å²) in [6.07, 6.45) is -4.22. The standard InChI is InChI=1S/C11H11F3O2/c1-10(16,5-6-15)8-3-2-4-9(7-8)11(12,13)14/h2-4,6-7,16H,5H2,1H3. The Bertz CT molecular complexity index is 383. The molecule has 1 unspecified atom stereocenters. The van der Waals surface area contributed by atoms with Gasteiger partial charge in [0.25, 0.3) is 0 Å². The number of benzene rings is 1. The van der Waals surface area contributed by atoms with Crippen LogP contribution < -0.4 is 0 Å². The Kier molecular flexibility index (Phi) is 3.38. The first-order valence-corrected chi connectivity index (χ1v) is 4.61. The quantitative estimate of drug-likeness (QED) is 0.813. The minimum Gasteiger partial charge on any atom is -0.385 e. The molecule has 0 amide bonds. The summed E-state index contributed by atoms with van der Waals surface area (Å²) in [5.74, 6) is 0. The highest BCUT2D eigenvalue weighted by atomic mass is 19.4. The number of hydrogen-bond acceptors (Lipinski definition) is 2. The number of hydrogen-bond donors (Lipinski definition) is 1. The average Bonchev–Trinajstić information content (AvgIpc) is 2.16. The summed E-state index contributed by atoms with van der Waals surface area (Å²) in [5.41, 5.74) is -2.33. The second kappa shape index (κ2) is 4.25. The van der Waals surface area contributed by atoms with Gasteiger partial charge in [0, 0.05) is 6.42 Å². The fraction of sp³-hybridized carbons (Fsp3) is 0.364. The first-order chi connectivity index (χ1) is 7.27. The van der Waals surface area contributed by atoms with Crippen LogP contribution in [0.15, 0.2) is 24.3 Å². The fourth-order valence-corrected chi connectivity index (χ4v) is 1.31. The average molecular weight is 232 g/mol. The molecule has 0 saturated heterocycles. The molecule has 1 atom stereocenters. The highest BCUT2D eigenvalue weighted by Crippen LogP contribution is 2.32. The van der Waals surface area contributed by atoms with Crippen molar-refractivity contribution >= 4 is 6.29 Å². The van der Waals surface area contributed by atoms with Crippen LogP contribution in [0, 0.1) is 0 Å². The van der Waals surface area contributed by atoms with Gasteiger partial charge >= 0.3 is 6.18 Å². The Morgan fingerprint density at radius 1 is 1.31 bits per heavy atom. The van der Waals surface area contributed by atoms with E-state index in [1.165, 1.54) is 19.1 Å². The van der Waals surface area contributed by atoms with Gasteiger partial charge in [-0.3, -0.25) is 0 Å². The molecule has 16 heavy (non-hydrogen) atoms. The molecule has 1 rings (SSSR count). The van der Waals surface area contributed by atoms with E-state index in [2.05, 4.69) is 0 Å². The van der Waals surface area contributed by atoms with Crippen molar-refractivity contribution in [2.75, 3.05) is 0 Å². The van der Waals surface area contributed by atoms with E-state index in [4.69, 9.17) is 0 Å². The van der Waals surface area contributed by atoms with E-state index in [0.717, 1.165) is 12.1 Å². The molecule has 0 aromatic heterocycles. The smallest absolute Gasteiger partial charge is 0.385 e. The first-order valence-electron chi connectivity index (χ1n) is 4.61. The molecule has 1 aromatic carbocycles. The number of halogens is 3. The van der Waals surface area contributed by atoms with Gasteiger partial charge in [-0.1, -0.05) is 12.1 Å². The largest absolute Gasteiger partial charge is 0.416 e. The molecule has 0 aliphatic carbocycles. The third-order valence-electron chi connectivity index (χ3n) is 2.29. The predicted molar refractivity (Wildman–Crippen MR) is 51.7 cm³/mol. The molecule has 1 aromatic rings. The van der Waals surface area contributed by atoms with Crippen LogP contribution in [0.25, 0.3) is 0 Å². The summed E-state index contributed by atoms with van der Waals surface area (Å²) in [6, 6.07) is 4.33. The van der Waals surface area contributed by atoms with Crippen LogP contribution in [0.3, 0.4) is 0 Å². The zero-order valence-corrected chi connectivity index (χ0v) is 8.58. The number of aliphatic hydroxyl groups is 1. The maximum atomic E-state index is 12.4. The molecular formula is C11H11F3O2. The van der Waals surface area contributed by atoms with E-state index in [0.29, 0.717) is 6.29 Å². The third kappa shape index (κ3) is 2.82. The third-order valence-corrected chi connectivity index (χ3v) is 2.29. The molecule has 88 valence electrons. The molecular weight excluding hydrogens is 221 g/mol. The maximum Gasteiger partial charge on any atom is 0.416 e. The van der Waals surface area contributed by atoms with Crippen molar-refractivity contribution in [1.82, 2.24) is 0 Å². The van der Waals surface area contributed by atoms with Crippen LogP contribution in [-0.4, -0.2) is 11.4 Å². The summed E-state index contributed by atoms with van der Waals surface area (Å²) < 4.78 is 37.2. The lowest BCUT2D eigenvalue weighted by atomic mass is 9.92. The molecule has 0 heterocycles. The lowest BCUT2D eigenvalue weighted by Gasteiger charge is -2.22. The molecule has 1 N–H and O–H groups in total. The number of carbonyl (C=O) groups excluding carboxylic acids is 1. The summed E-state index contributed by atoms with van der Waals surface area (Å²) in [5, 5.41) is 9.78. The van der Waals surface area contributed by atoms with E-state index < -0.39 is 17.3 Å². The van der Waals surface area contributed by atoms with Crippen molar-refractivity contribution in [2.45, 2.75) is 25.1 Å². The minimum absolute atomic E-state index is 0.0782. The van der Waals surface area contributed by atoms with Gasteiger partial charge in [0.2, 0.25) is 0 Å². The lowest BCUT2D eigenvalue weighted by Crippen LogP contribution is -2.22. The first kappa shape index (κ1) is 12.7. The zero-order valence-electron chi connectivity index (χ0n) is 8.58. The highest BCUT2D eigenvalue weighted by molar-refractivity contribution is 5.52. The van der Waals surface area contributed by atoms with E-state index in [1.54, 1.807) is 0 Å². The SMILES string of the molecule is CC(O)(CC=O)c1cccc(C(F)(F)F)c1. The van der Waals surface area contributed by atoms with Crippen LogP contribution in [0.1, 0.15) is 24.5 Å². The zero-order chi connectivity index (χ0) is 12.4. The predicted octanol–water partition coefficient (Wildman–Crippen LogP) is 2.50. The van der Waals surface area contributed by atoms with Crippen molar-refractivity contribution in [3.05, 3.63) is 35.4 Å². The number of rotatable bonds is 3. The summed E-state index contributed by atoms with van der Waals surface area (Å²) in [7, 11) is 0. The van der Waals surface area contributed by atoms with Crippen molar-refractivity contribution in [3.8, 4) is 0 Å². The number of carbonyl (C=O) groups is 1. The molecule has 2 nitrogen and oxygen atoms in total. The monoisotopic (exact) mass is 232 g/mol.